The maximum atomic E-state index is 11.2. The lowest BCUT2D eigenvalue weighted by Gasteiger charge is -2.25. The quantitative estimate of drug-likeness (QED) is 0.824. The molecule has 0 N–H and O–H groups in total. The SMILES string of the molecule is O=S1(=O)CCN(Cc2coc(Br)c2)CC1. The summed E-state index contributed by atoms with van der Waals surface area (Å²) in [5.41, 5.74) is 1.07. The fourth-order valence-electron chi connectivity index (χ4n) is 1.60. The predicted molar refractivity (Wildman–Crippen MR) is 60.3 cm³/mol. The van der Waals surface area contributed by atoms with Crippen molar-refractivity contribution < 1.29 is 12.8 Å². The molecule has 4 nitrogen and oxygen atoms in total. The first-order valence-corrected chi connectivity index (χ1v) is 7.32. The van der Waals surface area contributed by atoms with Gasteiger partial charge in [0.2, 0.25) is 0 Å². The summed E-state index contributed by atoms with van der Waals surface area (Å²) in [6.45, 7) is 1.99. The van der Waals surface area contributed by atoms with Crippen molar-refractivity contribution in [3.8, 4) is 0 Å². The zero-order valence-corrected chi connectivity index (χ0v) is 10.6. The number of hydrogen-bond donors (Lipinski definition) is 0. The van der Waals surface area contributed by atoms with Crippen molar-refractivity contribution in [1.82, 2.24) is 4.90 Å². The molecule has 0 aromatic carbocycles. The number of furan rings is 1. The molecular formula is C9H12BrNO3S. The van der Waals surface area contributed by atoms with E-state index >= 15 is 0 Å². The Morgan fingerprint density at radius 3 is 2.60 bits per heavy atom. The third-order valence-corrected chi connectivity index (χ3v) is 4.49. The van der Waals surface area contributed by atoms with Crippen LogP contribution in [0.2, 0.25) is 0 Å². The van der Waals surface area contributed by atoms with Gasteiger partial charge in [-0.3, -0.25) is 4.90 Å². The number of halogens is 1. The Bertz CT molecular complexity index is 426. The molecule has 1 aliphatic heterocycles. The standard InChI is InChI=1S/C9H12BrNO3S/c10-9-5-8(7-14-9)6-11-1-3-15(12,13)4-2-11/h5,7H,1-4,6H2. The van der Waals surface area contributed by atoms with Gasteiger partial charge in [0.05, 0.1) is 17.8 Å². The lowest BCUT2D eigenvalue weighted by Crippen LogP contribution is -2.39. The molecule has 0 unspecified atom stereocenters. The van der Waals surface area contributed by atoms with Crippen LogP contribution in [0.4, 0.5) is 0 Å². The van der Waals surface area contributed by atoms with Gasteiger partial charge < -0.3 is 4.42 Å². The van der Waals surface area contributed by atoms with Crippen LogP contribution >= 0.6 is 15.9 Å². The summed E-state index contributed by atoms with van der Waals surface area (Å²) >= 11 is 3.23. The first kappa shape index (κ1) is 11.2. The van der Waals surface area contributed by atoms with E-state index < -0.39 is 9.84 Å². The van der Waals surface area contributed by atoms with E-state index in [0.29, 0.717) is 17.8 Å². The van der Waals surface area contributed by atoms with E-state index in [1.807, 2.05) is 6.07 Å². The van der Waals surface area contributed by atoms with Crippen LogP contribution in [-0.4, -0.2) is 37.9 Å². The van der Waals surface area contributed by atoms with Crippen LogP contribution in [0, 0.1) is 0 Å². The van der Waals surface area contributed by atoms with Gasteiger partial charge in [-0.15, -0.1) is 0 Å². The number of rotatable bonds is 2. The first-order valence-electron chi connectivity index (χ1n) is 4.71. The van der Waals surface area contributed by atoms with E-state index in [4.69, 9.17) is 4.42 Å². The molecule has 0 saturated carbocycles. The van der Waals surface area contributed by atoms with Crippen LogP contribution in [0.15, 0.2) is 21.4 Å². The zero-order valence-electron chi connectivity index (χ0n) is 8.15. The lowest BCUT2D eigenvalue weighted by molar-refractivity contribution is 0.287. The average Bonchev–Trinajstić information content (AvgIpc) is 2.55. The maximum absolute atomic E-state index is 11.2. The van der Waals surface area contributed by atoms with Gasteiger partial charge in [-0.05, 0) is 22.0 Å². The molecular weight excluding hydrogens is 282 g/mol. The van der Waals surface area contributed by atoms with Gasteiger partial charge in [0.1, 0.15) is 0 Å². The molecule has 15 heavy (non-hydrogen) atoms. The van der Waals surface area contributed by atoms with Crippen LogP contribution in [0.1, 0.15) is 5.56 Å². The van der Waals surface area contributed by atoms with Crippen LogP contribution in [-0.2, 0) is 16.4 Å². The molecule has 6 heteroatoms. The second kappa shape index (κ2) is 4.27. The summed E-state index contributed by atoms with van der Waals surface area (Å²) in [6.07, 6.45) is 1.69. The van der Waals surface area contributed by atoms with E-state index in [2.05, 4.69) is 20.8 Å². The molecule has 1 fully saturated rings. The summed E-state index contributed by atoms with van der Waals surface area (Å²) in [5.74, 6) is 0.540. The largest absolute Gasteiger partial charge is 0.457 e. The third kappa shape index (κ3) is 3.06. The molecule has 1 aromatic rings. The summed E-state index contributed by atoms with van der Waals surface area (Å²) in [7, 11) is -2.78. The van der Waals surface area contributed by atoms with Gasteiger partial charge in [-0.1, -0.05) is 0 Å². The molecule has 0 atom stereocenters. The summed E-state index contributed by atoms with van der Waals surface area (Å²) in [5, 5.41) is 0. The fraction of sp³-hybridized carbons (Fsp3) is 0.556. The molecule has 1 aliphatic rings. The highest BCUT2D eigenvalue weighted by Crippen LogP contribution is 2.16. The molecule has 0 bridgehead atoms. The molecule has 2 rings (SSSR count). The number of hydrogen-bond acceptors (Lipinski definition) is 4. The zero-order chi connectivity index (χ0) is 10.9. The molecule has 84 valence electrons. The summed E-state index contributed by atoms with van der Waals surface area (Å²) < 4.78 is 28.2. The molecule has 1 aromatic heterocycles. The Hall–Kier alpha value is -0.330. The van der Waals surface area contributed by atoms with E-state index in [-0.39, 0.29) is 11.5 Å². The highest BCUT2D eigenvalue weighted by Gasteiger charge is 2.21. The highest BCUT2D eigenvalue weighted by molar-refractivity contribution is 9.10. The molecule has 2 heterocycles. The average molecular weight is 294 g/mol. The van der Waals surface area contributed by atoms with Gasteiger partial charge in [0, 0.05) is 25.2 Å². The minimum Gasteiger partial charge on any atom is -0.457 e. The topological polar surface area (TPSA) is 50.5 Å². The maximum Gasteiger partial charge on any atom is 0.169 e. The highest BCUT2D eigenvalue weighted by atomic mass is 79.9. The second-order valence-electron chi connectivity index (χ2n) is 3.69. The molecule has 0 amide bonds. The van der Waals surface area contributed by atoms with Gasteiger partial charge in [-0.25, -0.2) is 8.42 Å². The Labute approximate surface area is 97.3 Å². The first-order chi connectivity index (χ1) is 7.05. The second-order valence-corrected chi connectivity index (χ2v) is 6.77. The number of sulfone groups is 1. The molecule has 0 radical (unpaired) electrons. The fourth-order valence-corrected chi connectivity index (χ4v) is 3.26. The Morgan fingerprint density at radius 1 is 1.40 bits per heavy atom. The van der Waals surface area contributed by atoms with E-state index in [0.717, 1.165) is 12.1 Å². The van der Waals surface area contributed by atoms with E-state index in [9.17, 15) is 8.42 Å². The van der Waals surface area contributed by atoms with Gasteiger partial charge >= 0.3 is 0 Å². The minimum atomic E-state index is -2.78. The molecule has 0 aliphatic carbocycles. The van der Waals surface area contributed by atoms with Crippen LogP contribution in [0.5, 0.6) is 0 Å². The van der Waals surface area contributed by atoms with Crippen LogP contribution < -0.4 is 0 Å². The van der Waals surface area contributed by atoms with Crippen molar-refractivity contribution in [3.05, 3.63) is 22.6 Å². The van der Waals surface area contributed by atoms with Crippen LogP contribution in [0.3, 0.4) is 0 Å². The molecule has 1 saturated heterocycles. The Kier molecular flexibility index (Phi) is 3.18. The van der Waals surface area contributed by atoms with Gasteiger partial charge in [0.25, 0.3) is 0 Å². The summed E-state index contributed by atoms with van der Waals surface area (Å²) in [4.78, 5) is 2.12. The van der Waals surface area contributed by atoms with Crippen molar-refractivity contribution >= 4 is 25.8 Å². The monoisotopic (exact) mass is 293 g/mol. The van der Waals surface area contributed by atoms with Gasteiger partial charge in [0.15, 0.2) is 14.5 Å². The lowest BCUT2D eigenvalue weighted by atomic mass is 10.3. The van der Waals surface area contributed by atoms with Crippen molar-refractivity contribution in [1.29, 1.82) is 0 Å². The van der Waals surface area contributed by atoms with Crippen molar-refractivity contribution in [3.63, 3.8) is 0 Å². The van der Waals surface area contributed by atoms with Crippen LogP contribution in [0.25, 0.3) is 0 Å². The van der Waals surface area contributed by atoms with E-state index in [1.54, 1.807) is 6.26 Å². The number of nitrogens with zero attached hydrogens (tertiary/aromatic N) is 1. The Balaban J connectivity index is 1.92. The predicted octanol–water partition coefficient (Wildman–Crippen LogP) is 1.27. The third-order valence-electron chi connectivity index (χ3n) is 2.46. The minimum absolute atomic E-state index is 0.270. The Morgan fingerprint density at radius 2 is 2.07 bits per heavy atom. The van der Waals surface area contributed by atoms with Crippen molar-refractivity contribution in [2.75, 3.05) is 24.6 Å². The smallest absolute Gasteiger partial charge is 0.169 e. The van der Waals surface area contributed by atoms with Crippen molar-refractivity contribution in [2.24, 2.45) is 0 Å². The van der Waals surface area contributed by atoms with Crippen molar-refractivity contribution in [2.45, 2.75) is 6.54 Å². The van der Waals surface area contributed by atoms with Gasteiger partial charge in [-0.2, -0.15) is 0 Å². The summed E-state index contributed by atoms with van der Waals surface area (Å²) in [6, 6.07) is 1.91. The van der Waals surface area contributed by atoms with E-state index in [1.165, 1.54) is 0 Å². The normalized spacial score (nSPS) is 21.7. The molecule has 0 spiro atoms.